The Balaban J connectivity index is 0.000000449. The average molecular weight is 692 g/mol. The molecule has 34 heavy (non-hydrogen) atoms. The Morgan fingerprint density at radius 1 is 0.971 bits per heavy atom. The van der Waals surface area contributed by atoms with E-state index in [0.717, 1.165) is 27.7 Å². The van der Waals surface area contributed by atoms with E-state index in [-0.39, 0.29) is 31.6 Å². The van der Waals surface area contributed by atoms with Gasteiger partial charge >= 0.3 is 158 Å². The molecular weight excluding hydrogens is 661 g/mol. The number of rotatable bonds is 3. The third kappa shape index (κ3) is 6.85. The third-order valence-electron chi connectivity index (χ3n) is 5.29. The maximum atomic E-state index is 10.0. The van der Waals surface area contributed by atoms with Crippen LogP contribution >= 0.6 is 0 Å². The Hall–Kier alpha value is -2.34. The standard InChI is InChI=1S/C23H23GeN2.C5H8O2.Ir/c1-15-10-16(2)12-17(11-15)23-21-14-26-22-13-18(24(3,4)5)6-7-20(22)19(21)8-9-25-23;1-4(6)3-5(2)7;/h6-11,13-14H,1-5H3;3,6H,1-2H3;/q-1;;/b;4-3-;. The zero-order valence-corrected chi connectivity index (χ0v) is 25.3. The molecular formula is C28H31GeIrN2O2-. The minimum absolute atomic E-state index is 0. The Labute approximate surface area is 218 Å². The smallest absolute Gasteiger partial charge is 0 e. The number of nitrogens with zero attached hydrogens (tertiary/aromatic N) is 2. The van der Waals surface area contributed by atoms with Crippen LogP contribution in [0.5, 0.6) is 0 Å². The molecule has 0 aliphatic heterocycles. The molecule has 0 aliphatic carbocycles. The third-order valence-corrected chi connectivity index (χ3v) is 9.58. The summed E-state index contributed by atoms with van der Waals surface area (Å²) >= 11 is -1.86. The maximum Gasteiger partial charge on any atom is 0 e. The molecule has 0 amide bonds. The minimum atomic E-state index is -1.86. The van der Waals surface area contributed by atoms with E-state index in [4.69, 9.17) is 10.1 Å². The fourth-order valence-corrected chi connectivity index (χ4v) is 6.26. The Bertz CT molecular complexity index is 1350. The van der Waals surface area contributed by atoms with Gasteiger partial charge in [0.2, 0.25) is 0 Å². The summed E-state index contributed by atoms with van der Waals surface area (Å²) in [7, 11) is 0. The van der Waals surface area contributed by atoms with Gasteiger partial charge in [-0.05, 0) is 13.8 Å². The Kier molecular flexibility index (Phi) is 9.35. The van der Waals surface area contributed by atoms with E-state index in [2.05, 4.69) is 78.6 Å². The summed E-state index contributed by atoms with van der Waals surface area (Å²) in [5.74, 6) is 7.19. The molecule has 179 valence electrons. The number of allylic oxidation sites excluding steroid dienone is 2. The van der Waals surface area contributed by atoms with Crippen molar-refractivity contribution in [1.82, 2.24) is 9.97 Å². The second-order valence-electron chi connectivity index (χ2n) is 9.51. The minimum Gasteiger partial charge on any atom is 0 e. The monoisotopic (exact) mass is 694 g/mol. The zero-order chi connectivity index (χ0) is 24.3. The van der Waals surface area contributed by atoms with E-state index in [1.165, 1.54) is 40.7 Å². The molecule has 2 heterocycles. The quantitative estimate of drug-likeness (QED) is 0.0883. The molecule has 0 unspecified atom stereocenters. The normalized spacial score (nSPS) is 11.6. The molecule has 0 saturated carbocycles. The number of pyridine rings is 2. The van der Waals surface area contributed by atoms with Crippen molar-refractivity contribution in [2.45, 2.75) is 45.0 Å². The molecule has 0 bridgehead atoms. The van der Waals surface area contributed by atoms with Gasteiger partial charge in [-0.3, -0.25) is 4.79 Å². The molecule has 2 aromatic heterocycles. The number of hydrogen-bond acceptors (Lipinski definition) is 4. The molecule has 0 fully saturated rings. The SMILES string of the molecule is CC(=O)/C=C(/C)O.Cc1[c-]c(-c2nccc3c2cnc2c[c]([Ge]([CH3])([CH3])[CH3])ccc23)cc(C)c1.[Ir]. The van der Waals surface area contributed by atoms with E-state index in [1.807, 2.05) is 12.4 Å². The molecule has 4 aromatic rings. The molecule has 2 aromatic carbocycles. The summed E-state index contributed by atoms with van der Waals surface area (Å²) in [6.45, 7) is 7.04. The number of carbonyl (C=O) groups is 1. The van der Waals surface area contributed by atoms with Crippen LogP contribution in [0.4, 0.5) is 0 Å². The number of hydrogen-bond donors (Lipinski definition) is 1. The van der Waals surface area contributed by atoms with Gasteiger partial charge in [-0.15, -0.1) is 0 Å². The molecule has 1 radical (unpaired) electrons. The molecule has 6 heteroatoms. The summed E-state index contributed by atoms with van der Waals surface area (Å²) < 4.78 is 1.49. The van der Waals surface area contributed by atoms with Crippen molar-refractivity contribution in [3.8, 4) is 11.3 Å². The van der Waals surface area contributed by atoms with Crippen molar-refractivity contribution in [2.75, 3.05) is 0 Å². The molecule has 1 N–H and O–H groups in total. The van der Waals surface area contributed by atoms with Gasteiger partial charge in [0.05, 0.1) is 5.76 Å². The van der Waals surface area contributed by atoms with Crippen LogP contribution in [0, 0.1) is 19.9 Å². The second kappa shape index (κ2) is 11.4. The Morgan fingerprint density at radius 3 is 2.24 bits per heavy atom. The number of fused-ring (bicyclic) bond motifs is 3. The van der Waals surface area contributed by atoms with Crippen LogP contribution in [0.3, 0.4) is 0 Å². The van der Waals surface area contributed by atoms with E-state index in [1.54, 1.807) is 0 Å². The van der Waals surface area contributed by atoms with Crippen molar-refractivity contribution in [3.63, 3.8) is 0 Å². The van der Waals surface area contributed by atoms with Crippen LogP contribution in [0.15, 0.2) is 60.6 Å². The van der Waals surface area contributed by atoms with Gasteiger partial charge in [-0.2, -0.15) is 0 Å². The number of aryl methyl sites for hydroxylation is 2. The first-order valence-electron chi connectivity index (χ1n) is 11.0. The molecule has 0 saturated heterocycles. The van der Waals surface area contributed by atoms with Crippen LogP contribution in [0.2, 0.25) is 17.3 Å². The molecule has 4 rings (SSSR count). The summed E-state index contributed by atoms with van der Waals surface area (Å²) in [4.78, 5) is 19.5. The van der Waals surface area contributed by atoms with E-state index in [9.17, 15) is 4.79 Å². The topological polar surface area (TPSA) is 63.1 Å². The predicted octanol–water partition coefficient (Wildman–Crippen LogP) is 6.45. The summed E-state index contributed by atoms with van der Waals surface area (Å²) in [6.07, 6.45) is 5.04. The number of carbonyl (C=O) groups excluding carboxylic acids is 1. The first kappa shape index (κ1) is 27.9. The van der Waals surface area contributed by atoms with Crippen molar-refractivity contribution in [3.05, 3.63) is 77.8 Å². The van der Waals surface area contributed by atoms with Gasteiger partial charge in [0.25, 0.3) is 0 Å². The summed E-state index contributed by atoms with van der Waals surface area (Å²) in [6, 6.07) is 16.7. The van der Waals surface area contributed by atoms with Gasteiger partial charge in [0.1, 0.15) is 0 Å². The molecule has 0 atom stereocenters. The Morgan fingerprint density at radius 2 is 1.68 bits per heavy atom. The van der Waals surface area contributed by atoms with Gasteiger partial charge in [-0.1, -0.05) is 0 Å². The first-order valence-corrected chi connectivity index (χ1v) is 18.4. The fourth-order valence-electron chi connectivity index (χ4n) is 3.84. The number of aromatic nitrogens is 2. The predicted molar refractivity (Wildman–Crippen MR) is 141 cm³/mol. The van der Waals surface area contributed by atoms with Gasteiger partial charge < -0.3 is 5.11 Å². The molecule has 0 aliphatic rings. The molecule has 4 nitrogen and oxygen atoms in total. The van der Waals surface area contributed by atoms with Crippen molar-refractivity contribution >= 4 is 45.1 Å². The van der Waals surface area contributed by atoms with Crippen LogP contribution in [-0.2, 0) is 24.9 Å². The van der Waals surface area contributed by atoms with Gasteiger partial charge in [0.15, 0.2) is 5.78 Å². The van der Waals surface area contributed by atoms with Crippen LogP contribution < -0.4 is 4.40 Å². The van der Waals surface area contributed by atoms with E-state index >= 15 is 0 Å². The average Bonchev–Trinajstić information content (AvgIpc) is 2.70. The number of aliphatic hydroxyl groups excluding tert-OH is 1. The fraction of sp³-hybridized carbons (Fsp3) is 0.250. The molecule has 0 spiro atoms. The number of aliphatic hydroxyl groups is 1. The van der Waals surface area contributed by atoms with Crippen molar-refractivity contribution in [2.24, 2.45) is 0 Å². The number of benzene rings is 2. The van der Waals surface area contributed by atoms with Crippen molar-refractivity contribution < 1.29 is 30.0 Å². The zero-order valence-electron chi connectivity index (χ0n) is 20.8. The maximum absolute atomic E-state index is 10.0. The van der Waals surface area contributed by atoms with Gasteiger partial charge in [0, 0.05) is 26.2 Å². The van der Waals surface area contributed by atoms with Crippen LogP contribution in [-0.4, -0.2) is 34.1 Å². The first-order chi connectivity index (χ1) is 15.5. The van der Waals surface area contributed by atoms with Crippen LogP contribution in [0.1, 0.15) is 25.0 Å². The van der Waals surface area contributed by atoms with Crippen molar-refractivity contribution in [1.29, 1.82) is 0 Å². The summed E-state index contributed by atoms with van der Waals surface area (Å²) in [5, 5.41) is 11.9. The largest absolute Gasteiger partial charge is 0 e. The van der Waals surface area contributed by atoms with E-state index < -0.39 is 13.3 Å². The summed E-state index contributed by atoms with van der Waals surface area (Å²) in [5.41, 5.74) is 5.44. The van der Waals surface area contributed by atoms with E-state index in [0.29, 0.717) is 0 Å². The van der Waals surface area contributed by atoms with Gasteiger partial charge in [-0.25, -0.2) is 0 Å². The second-order valence-corrected chi connectivity index (χ2v) is 20.2. The van der Waals surface area contributed by atoms with Crippen LogP contribution in [0.25, 0.3) is 32.9 Å². The number of ketones is 1.